The van der Waals surface area contributed by atoms with Crippen LogP contribution in [0.3, 0.4) is 0 Å². The number of ether oxygens (including phenoxy) is 1. The molecule has 2 N–H and O–H groups in total. The topological polar surface area (TPSA) is 78.9 Å². The molecule has 0 aliphatic heterocycles. The minimum absolute atomic E-state index is 0.0842. The predicted octanol–water partition coefficient (Wildman–Crippen LogP) is 1.79. The molecule has 0 aliphatic carbocycles. The van der Waals surface area contributed by atoms with Gasteiger partial charge in [0.15, 0.2) is 0 Å². The molecule has 0 atom stereocenters. The maximum Gasteiger partial charge on any atom is 0.313 e. The van der Waals surface area contributed by atoms with Crippen LogP contribution in [-0.2, 0) is 27.5 Å². The third-order valence-corrected chi connectivity index (χ3v) is 3.63. The Morgan fingerprint density at radius 1 is 1.08 bits per heavy atom. The first kappa shape index (κ1) is 18.6. The molecule has 0 radical (unpaired) electrons. The predicted molar refractivity (Wildman–Crippen MR) is 94.7 cm³/mol. The van der Waals surface area contributed by atoms with Crippen LogP contribution in [-0.4, -0.2) is 42.1 Å². The van der Waals surface area contributed by atoms with Gasteiger partial charge in [0.25, 0.3) is 0 Å². The van der Waals surface area contributed by atoms with Crippen molar-refractivity contribution in [1.29, 1.82) is 0 Å². The number of nitrogens with zero attached hydrogens (tertiary/aromatic N) is 1. The van der Waals surface area contributed by atoms with E-state index in [1.807, 2.05) is 42.5 Å². The number of carbonyl (C=O) groups excluding carboxylic acids is 2. The number of hydrogen-bond acceptors (Lipinski definition) is 4. The zero-order valence-electron chi connectivity index (χ0n) is 14.1. The number of methoxy groups -OCH3 is 1. The maximum atomic E-state index is 12.5. The Kier molecular flexibility index (Phi) is 7.13. The third-order valence-electron chi connectivity index (χ3n) is 3.63. The summed E-state index contributed by atoms with van der Waals surface area (Å²) in [4.78, 5) is 26.2. The Bertz CT molecular complexity index is 704. The molecule has 6 heteroatoms. The second-order valence-corrected chi connectivity index (χ2v) is 5.48. The van der Waals surface area contributed by atoms with Gasteiger partial charge in [-0.25, -0.2) is 0 Å². The van der Waals surface area contributed by atoms with E-state index in [1.165, 1.54) is 4.90 Å². The molecule has 2 aromatic carbocycles. The summed E-state index contributed by atoms with van der Waals surface area (Å²) in [6, 6.07) is 16.5. The van der Waals surface area contributed by atoms with E-state index in [1.54, 1.807) is 19.2 Å². The van der Waals surface area contributed by atoms with E-state index in [2.05, 4.69) is 5.32 Å². The highest BCUT2D eigenvalue weighted by molar-refractivity contribution is 6.39. The highest BCUT2D eigenvalue weighted by Gasteiger charge is 2.22. The van der Waals surface area contributed by atoms with Crippen molar-refractivity contribution in [2.45, 2.75) is 13.2 Å². The van der Waals surface area contributed by atoms with Crippen LogP contribution in [0.4, 0.5) is 5.69 Å². The minimum Gasteiger partial charge on any atom is -0.395 e. The van der Waals surface area contributed by atoms with E-state index in [0.717, 1.165) is 11.1 Å². The Morgan fingerprint density at radius 3 is 2.44 bits per heavy atom. The van der Waals surface area contributed by atoms with E-state index in [-0.39, 0.29) is 19.7 Å². The van der Waals surface area contributed by atoms with E-state index in [9.17, 15) is 14.7 Å². The number of nitrogens with one attached hydrogen (secondary N) is 1. The van der Waals surface area contributed by atoms with Crippen molar-refractivity contribution < 1.29 is 19.4 Å². The Hall–Kier alpha value is -2.70. The van der Waals surface area contributed by atoms with Crippen LogP contribution in [0.1, 0.15) is 11.1 Å². The molecule has 0 heterocycles. The molecule has 0 spiro atoms. The molecule has 132 valence electrons. The van der Waals surface area contributed by atoms with Crippen molar-refractivity contribution in [3.8, 4) is 0 Å². The number of benzene rings is 2. The first-order chi connectivity index (χ1) is 12.2. The van der Waals surface area contributed by atoms with Gasteiger partial charge in [-0.3, -0.25) is 9.59 Å². The Morgan fingerprint density at radius 2 is 1.76 bits per heavy atom. The van der Waals surface area contributed by atoms with Gasteiger partial charge in [-0.1, -0.05) is 48.5 Å². The van der Waals surface area contributed by atoms with Gasteiger partial charge in [0.2, 0.25) is 0 Å². The standard InChI is InChI=1S/C19H22N2O4/c1-25-14-16-9-5-6-10-17(16)20-18(23)19(24)21(11-12-22)13-15-7-3-2-4-8-15/h2-10,22H,11-14H2,1H3,(H,20,23). The normalized spacial score (nSPS) is 10.3. The molecule has 2 aromatic rings. The van der Waals surface area contributed by atoms with E-state index in [4.69, 9.17) is 4.74 Å². The molecule has 0 aromatic heterocycles. The molecule has 0 fully saturated rings. The van der Waals surface area contributed by atoms with Crippen molar-refractivity contribution in [2.24, 2.45) is 0 Å². The number of aliphatic hydroxyl groups excluding tert-OH is 1. The number of amides is 2. The van der Waals surface area contributed by atoms with Crippen LogP contribution >= 0.6 is 0 Å². The van der Waals surface area contributed by atoms with Crippen molar-refractivity contribution in [2.75, 3.05) is 25.6 Å². The summed E-state index contributed by atoms with van der Waals surface area (Å²) in [6.07, 6.45) is 0. The molecule has 25 heavy (non-hydrogen) atoms. The number of hydrogen-bond donors (Lipinski definition) is 2. The van der Waals surface area contributed by atoms with Crippen LogP contribution < -0.4 is 5.32 Å². The Balaban J connectivity index is 2.09. The summed E-state index contributed by atoms with van der Waals surface area (Å²) in [5, 5.41) is 11.8. The molecule has 0 unspecified atom stereocenters. The van der Waals surface area contributed by atoms with Gasteiger partial charge in [-0.15, -0.1) is 0 Å². The lowest BCUT2D eigenvalue weighted by Crippen LogP contribution is -2.41. The van der Waals surface area contributed by atoms with Crippen molar-refractivity contribution in [3.05, 3.63) is 65.7 Å². The van der Waals surface area contributed by atoms with Gasteiger partial charge < -0.3 is 20.1 Å². The first-order valence-corrected chi connectivity index (χ1v) is 7.97. The SMILES string of the molecule is COCc1ccccc1NC(=O)C(=O)N(CCO)Cc1ccccc1. The lowest BCUT2D eigenvalue weighted by Gasteiger charge is -2.21. The van der Waals surface area contributed by atoms with E-state index >= 15 is 0 Å². The molecule has 0 aliphatic rings. The number of para-hydroxylation sites is 1. The molecule has 6 nitrogen and oxygen atoms in total. The molecule has 0 saturated heterocycles. The number of anilines is 1. The molecule has 0 saturated carbocycles. The number of aliphatic hydroxyl groups is 1. The van der Waals surface area contributed by atoms with Gasteiger partial charge in [-0.2, -0.15) is 0 Å². The first-order valence-electron chi connectivity index (χ1n) is 7.97. The Labute approximate surface area is 147 Å². The quantitative estimate of drug-likeness (QED) is 0.752. The van der Waals surface area contributed by atoms with Crippen LogP contribution in [0.5, 0.6) is 0 Å². The van der Waals surface area contributed by atoms with Crippen LogP contribution in [0.25, 0.3) is 0 Å². The number of rotatable bonds is 7. The second kappa shape index (κ2) is 9.56. The molecule has 2 rings (SSSR count). The van der Waals surface area contributed by atoms with Gasteiger partial charge >= 0.3 is 11.8 Å². The van der Waals surface area contributed by atoms with Crippen LogP contribution in [0, 0.1) is 0 Å². The fourth-order valence-electron chi connectivity index (χ4n) is 2.42. The van der Waals surface area contributed by atoms with Gasteiger partial charge in [-0.05, 0) is 11.6 Å². The zero-order valence-corrected chi connectivity index (χ0v) is 14.1. The molecule has 0 bridgehead atoms. The summed E-state index contributed by atoms with van der Waals surface area (Å²) < 4.78 is 5.10. The lowest BCUT2D eigenvalue weighted by atomic mass is 10.2. The third kappa shape index (κ3) is 5.41. The van der Waals surface area contributed by atoms with E-state index < -0.39 is 11.8 Å². The van der Waals surface area contributed by atoms with Crippen LogP contribution in [0.15, 0.2) is 54.6 Å². The summed E-state index contributed by atoms with van der Waals surface area (Å²) in [7, 11) is 1.56. The average molecular weight is 342 g/mol. The second-order valence-electron chi connectivity index (χ2n) is 5.48. The zero-order chi connectivity index (χ0) is 18.1. The highest BCUT2D eigenvalue weighted by Crippen LogP contribution is 2.16. The highest BCUT2D eigenvalue weighted by atomic mass is 16.5. The van der Waals surface area contributed by atoms with Crippen molar-refractivity contribution >= 4 is 17.5 Å². The summed E-state index contributed by atoms with van der Waals surface area (Å²) in [5.41, 5.74) is 2.20. The summed E-state index contributed by atoms with van der Waals surface area (Å²) in [6.45, 7) is 0.454. The van der Waals surface area contributed by atoms with Gasteiger partial charge in [0.1, 0.15) is 0 Å². The minimum atomic E-state index is -0.743. The molecular formula is C19H22N2O4. The summed E-state index contributed by atoms with van der Waals surface area (Å²) >= 11 is 0. The van der Waals surface area contributed by atoms with Crippen molar-refractivity contribution in [1.82, 2.24) is 4.90 Å². The van der Waals surface area contributed by atoms with Crippen molar-refractivity contribution in [3.63, 3.8) is 0 Å². The lowest BCUT2D eigenvalue weighted by molar-refractivity contribution is -0.143. The molecule has 2 amide bonds. The maximum absolute atomic E-state index is 12.5. The largest absolute Gasteiger partial charge is 0.395 e. The average Bonchev–Trinajstić information content (AvgIpc) is 2.63. The fourth-order valence-corrected chi connectivity index (χ4v) is 2.42. The summed E-state index contributed by atoms with van der Waals surface area (Å²) in [5.74, 6) is -1.43. The van der Waals surface area contributed by atoms with Gasteiger partial charge in [0, 0.05) is 31.5 Å². The smallest absolute Gasteiger partial charge is 0.313 e. The van der Waals surface area contributed by atoms with E-state index in [0.29, 0.717) is 12.3 Å². The molecular weight excluding hydrogens is 320 g/mol. The van der Waals surface area contributed by atoms with Gasteiger partial charge in [0.05, 0.1) is 13.2 Å². The van der Waals surface area contributed by atoms with Crippen LogP contribution in [0.2, 0.25) is 0 Å². The number of carbonyl (C=O) groups is 2. The fraction of sp³-hybridized carbons (Fsp3) is 0.263. The monoisotopic (exact) mass is 342 g/mol.